The van der Waals surface area contributed by atoms with E-state index in [1.165, 1.54) is 0 Å². The first-order valence-electron chi connectivity index (χ1n) is 9.99. The Morgan fingerprint density at radius 3 is 2.35 bits per heavy atom. The number of amides is 1. The molecule has 0 bridgehead atoms. The lowest BCUT2D eigenvalue weighted by Crippen LogP contribution is -2.35. The van der Waals surface area contributed by atoms with Gasteiger partial charge in [0.15, 0.2) is 0 Å². The van der Waals surface area contributed by atoms with Gasteiger partial charge >= 0.3 is 0 Å². The van der Waals surface area contributed by atoms with E-state index in [4.69, 9.17) is 4.98 Å². The molecular formula is C25H22BrN3O2. The molecule has 0 saturated carbocycles. The van der Waals surface area contributed by atoms with E-state index in [9.17, 15) is 9.59 Å². The highest BCUT2D eigenvalue weighted by Gasteiger charge is 2.25. The molecule has 4 aromatic rings. The number of rotatable bonds is 4. The van der Waals surface area contributed by atoms with Gasteiger partial charge in [-0.3, -0.25) is 14.2 Å². The van der Waals surface area contributed by atoms with Gasteiger partial charge in [0.1, 0.15) is 5.82 Å². The molecule has 1 heterocycles. The normalized spacial score (nSPS) is 12.0. The first-order valence-corrected chi connectivity index (χ1v) is 10.8. The van der Waals surface area contributed by atoms with Gasteiger partial charge in [-0.1, -0.05) is 46.3 Å². The van der Waals surface area contributed by atoms with Crippen LogP contribution < -0.4 is 5.56 Å². The van der Waals surface area contributed by atoms with E-state index in [1.807, 2.05) is 68.4 Å². The van der Waals surface area contributed by atoms with Crippen LogP contribution in [0.2, 0.25) is 0 Å². The third-order valence-electron chi connectivity index (χ3n) is 5.52. The Bertz CT molecular complexity index is 1330. The number of para-hydroxylation sites is 2. The van der Waals surface area contributed by atoms with Gasteiger partial charge < -0.3 is 4.90 Å². The summed E-state index contributed by atoms with van der Waals surface area (Å²) in [5, 5.41) is 0.545. The maximum Gasteiger partial charge on any atom is 0.266 e. The first-order chi connectivity index (χ1) is 14.9. The average molecular weight is 476 g/mol. The molecule has 6 heteroatoms. The molecule has 1 amide bonds. The summed E-state index contributed by atoms with van der Waals surface area (Å²) in [7, 11) is 1.73. The summed E-state index contributed by atoms with van der Waals surface area (Å²) in [5.41, 5.74) is 2.76. The zero-order valence-electron chi connectivity index (χ0n) is 17.5. The minimum absolute atomic E-state index is 0.140. The van der Waals surface area contributed by atoms with E-state index >= 15 is 0 Å². The lowest BCUT2D eigenvalue weighted by atomic mass is 10.1. The highest BCUT2D eigenvalue weighted by molar-refractivity contribution is 9.10. The van der Waals surface area contributed by atoms with Crippen molar-refractivity contribution < 1.29 is 4.79 Å². The van der Waals surface area contributed by atoms with Crippen LogP contribution in [-0.2, 0) is 0 Å². The summed E-state index contributed by atoms with van der Waals surface area (Å²) in [4.78, 5) is 33.1. The molecule has 0 aliphatic heterocycles. The lowest BCUT2D eigenvalue weighted by Gasteiger charge is -2.27. The number of halogens is 1. The number of carbonyl (C=O) groups excluding carboxylic acids is 1. The van der Waals surface area contributed by atoms with Crippen molar-refractivity contribution >= 4 is 32.7 Å². The van der Waals surface area contributed by atoms with E-state index in [-0.39, 0.29) is 11.5 Å². The largest absolute Gasteiger partial charge is 0.332 e. The summed E-state index contributed by atoms with van der Waals surface area (Å²) in [5.74, 6) is 0.379. The van der Waals surface area contributed by atoms with Gasteiger partial charge in [0, 0.05) is 17.1 Å². The third-order valence-corrected chi connectivity index (χ3v) is 6.05. The summed E-state index contributed by atoms with van der Waals surface area (Å²) in [6, 6.07) is 21.8. The molecular weight excluding hydrogens is 454 g/mol. The third kappa shape index (κ3) is 3.91. The van der Waals surface area contributed by atoms with Crippen LogP contribution in [0, 0.1) is 6.92 Å². The number of aryl methyl sites for hydroxylation is 1. The molecule has 0 aliphatic rings. The predicted octanol–water partition coefficient (Wildman–Crippen LogP) is 5.29. The van der Waals surface area contributed by atoms with Crippen LogP contribution >= 0.6 is 15.9 Å². The molecule has 0 fully saturated rings. The highest BCUT2D eigenvalue weighted by Crippen LogP contribution is 2.24. The molecule has 156 valence electrons. The predicted molar refractivity (Wildman–Crippen MR) is 127 cm³/mol. The van der Waals surface area contributed by atoms with Crippen LogP contribution in [0.5, 0.6) is 0 Å². The lowest BCUT2D eigenvalue weighted by molar-refractivity contribution is 0.0735. The van der Waals surface area contributed by atoms with Crippen LogP contribution in [0.4, 0.5) is 0 Å². The smallest absolute Gasteiger partial charge is 0.266 e. The Labute approximate surface area is 189 Å². The molecule has 0 radical (unpaired) electrons. The van der Waals surface area contributed by atoms with Crippen molar-refractivity contribution in [3.63, 3.8) is 0 Å². The fourth-order valence-corrected chi connectivity index (χ4v) is 3.89. The molecule has 0 aliphatic carbocycles. The number of fused-ring (bicyclic) bond motifs is 1. The van der Waals surface area contributed by atoms with Gasteiger partial charge in [-0.15, -0.1) is 0 Å². The van der Waals surface area contributed by atoms with Crippen molar-refractivity contribution in [2.75, 3.05) is 7.05 Å². The molecule has 4 rings (SSSR count). The fourth-order valence-electron chi connectivity index (χ4n) is 3.62. The Morgan fingerprint density at radius 1 is 1.00 bits per heavy atom. The fraction of sp³-hybridized carbons (Fsp3) is 0.160. The summed E-state index contributed by atoms with van der Waals surface area (Å²) in [6.07, 6.45) is 0. The van der Waals surface area contributed by atoms with Crippen molar-refractivity contribution in [2.45, 2.75) is 19.9 Å². The van der Waals surface area contributed by atoms with Crippen LogP contribution in [0.3, 0.4) is 0 Å². The highest BCUT2D eigenvalue weighted by atomic mass is 79.9. The SMILES string of the molecule is Cc1ccccc1-n1c(C(C)N(C)C(=O)c2ccc(Br)cc2)nc2ccccc2c1=O. The maximum absolute atomic E-state index is 13.5. The molecule has 1 unspecified atom stereocenters. The second-order valence-electron chi connectivity index (χ2n) is 7.51. The molecule has 0 spiro atoms. The zero-order valence-corrected chi connectivity index (χ0v) is 19.1. The van der Waals surface area contributed by atoms with Gasteiger partial charge in [0.2, 0.25) is 0 Å². The zero-order chi connectivity index (χ0) is 22.1. The molecule has 0 saturated heterocycles. The number of carbonyl (C=O) groups is 1. The molecule has 3 aromatic carbocycles. The van der Waals surface area contributed by atoms with Crippen molar-refractivity contribution in [3.8, 4) is 5.69 Å². The molecule has 0 N–H and O–H groups in total. The van der Waals surface area contributed by atoms with Crippen molar-refractivity contribution in [1.29, 1.82) is 0 Å². The number of nitrogens with zero attached hydrogens (tertiary/aromatic N) is 3. The van der Waals surface area contributed by atoms with Gasteiger partial charge in [0.25, 0.3) is 11.5 Å². The Balaban J connectivity index is 1.88. The van der Waals surface area contributed by atoms with Gasteiger partial charge in [-0.05, 0) is 61.9 Å². The molecule has 5 nitrogen and oxygen atoms in total. The van der Waals surface area contributed by atoms with E-state index in [0.29, 0.717) is 22.3 Å². The number of benzene rings is 3. The summed E-state index contributed by atoms with van der Waals surface area (Å²) < 4.78 is 2.54. The first kappa shape index (κ1) is 21.0. The van der Waals surface area contributed by atoms with Crippen molar-refractivity contribution in [2.24, 2.45) is 0 Å². The van der Waals surface area contributed by atoms with E-state index in [1.54, 1.807) is 34.7 Å². The molecule has 1 atom stereocenters. The van der Waals surface area contributed by atoms with Gasteiger partial charge in [-0.2, -0.15) is 0 Å². The Morgan fingerprint density at radius 2 is 1.65 bits per heavy atom. The Kier molecular flexibility index (Phi) is 5.74. The second kappa shape index (κ2) is 8.47. The second-order valence-corrected chi connectivity index (χ2v) is 8.43. The van der Waals surface area contributed by atoms with Gasteiger partial charge in [0.05, 0.1) is 22.6 Å². The van der Waals surface area contributed by atoms with Crippen LogP contribution in [-0.4, -0.2) is 27.4 Å². The number of hydrogen-bond donors (Lipinski definition) is 0. The topological polar surface area (TPSA) is 55.2 Å². The average Bonchev–Trinajstić information content (AvgIpc) is 2.79. The molecule has 31 heavy (non-hydrogen) atoms. The quantitative estimate of drug-likeness (QED) is 0.402. The standard InChI is InChI=1S/C25H22BrN3O2/c1-16-8-4-7-11-22(16)29-23(27-21-10-6-5-9-20(21)25(29)31)17(2)28(3)24(30)18-12-14-19(26)15-13-18/h4-15,17H,1-3H3. The van der Waals surface area contributed by atoms with E-state index in [2.05, 4.69) is 15.9 Å². The van der Waals surface area contributed by atoms with E-state index in [0.717, 1.165) is 15.7 Å². The minimum Gasteiger partial charge on any atom is -0.332 e. The molecule has 1 aromatic heterocycles. The number of aromatic nitrogens is 2. The van der Waals surface area contributed by atoms with Crippen molar-refractivity contribution in [3.05, 3.63) is 105 Å². The van der Waals surface area contributed by atoms with Gasteiger partial charge in [-0.25, -0.2) is 4.98 Å². The van der Waals surface area contributed by atoms with Crippen LogP contribution in [0.1, 0.15) is 34.7 Å². The summed E-state index contributed by atoms with van der Waals surface area (Å²) >= 11 is 3.40. The Hall–Kier alpha value is -3.25. The van der Waals surface area contributed by atoms with Crippen LogP contribution in [0.25, 0.3) is 16.6 Å². The monoisotopic (exact) mass is 475 g/mol. The van der Waals surface area contributed by atoms with E-state index < -0.39 is 6.04 Å². The number of hydrogen-bond acceptors (Lipinski definition) is 3. The maximum atomic E-state index is 13.5. The van der Waals surface area contributed by atoms with Crippen molar-refractivity contribution in [1.82, 2.24) is 14.5 Å². The van der Waals surface area contributed by atoms with Crippen LogP contribution in [0.15, 0.2) is 82.1 Å². The minimum atomic E-state index is -0.437. The summed E-state index contributed by atoms with van der Waals surface area (Å²) in [6.45, 7) is 3.85.